The van der Waals surface area contributed by atoms with E-state index in [-0.39, 0.29) is 23.9 Å². The van der Waals surface area contributed by atoms with Crippen LogP contribution in [-0.2, 0) is 16.8 Å². The number of hydrogen-bond donors (Lipinski definition) is 1. The highest BCUT2D eigenvalue weighted by Crippen LogP contribution is 2.42. The third-order valence-corrected chi connectivity index (χ3v) is 7.81. The number of benzene rings is 2. The Morgan fingerprint density at radius 2 is 1.65 bits per heavy atom. The van der Waals surface area contributed by atoms with Crippen molar-refractivity contribution in [2.45, 2.75) is 69.9 Å². The normalized spacial score (nSPS) is 20.3. The van der Waals surface area contributed by atoms with E-state index in [4.69, 9.17) is 0 Å². The number of unbranched alkanes of at least 4 members (excludes halogenated alkanes) is 2. The molecule has 1 heterocycles. The maximum Gasteiger partial charge on any atom is 0.219 e. The summed E-state index contributed by atoms with van der Waals surface area (Å²) in [6, 6.07) is 19.8. The van der Waals surface area contributed by atoms with Gasteiger partial charge in [-0.15, -0.1) is 12.4 Å². The van der Waals surface area contributed by atoms with Gasteiger partial charge in [-0.05, 0) is 76.2 Å². The van der Waals surface area contributed by atoms with Gasteiger partial charge in [0.1, 0.15) is 0 Å². The standard InChI is InChI=1S/C29H39N3O.ClH/c1-23(33)32(21-11-5-6-12-24-22-30-28-16-10-9-15-27(24)28)26-17-19-29(20-18-26,31(2)3)25-13-7-4-8-14-25;/h4,7-10,13-16,22,26,30H,5-6,11-12,17-21H2,1-3H3;1H. The second kappa shape index (κ2) is 11.9. The summed E-state index contributed by atoms with van der Waals surface area (Å²) < 4.78 is 0. The number of aromatic amines is 1. The summed E-state index contributed by atoms with van der Waals surface area (Å²) in [6.45, 7) is 2.63. The zero-order chi connectivity index (χ0) is 23.3. The SMILES string of the molecule is CC(=O)N(CCCCCc1c[nH]c2ccccc12)C1CCC(c2ccccc2)(N(C)C)CC1.Cl. The van der Waals surface area contributed by atoms with E-state index in [1.807, 2.05) is 0 Å². The topological polar surface area (TPSA) is 39.3 Å². The smallest absolute Gasteiger partial charge is 0.219 e. The minimum Gasteiger partial charge on any atom is -0.361 e. The van der Waals surface area contributed by atoms with Gasteiger partial charge in [-0.1, -0.05) is 55.0 Å². The predicted molar refractivity (Wildman–Crippen MR) is 145 cm³/mol. The first-order valence-electron chi connectivity index (χ1n) is 12.6. The van der Waals surface area contributed by atoms with E-state index in [9.17, 15) is 4.79 Å². The molecule has 1 aliphatic rings. The molecular formula is C29H40ClN3O. The van der Waals surface area contributed by atoms with Crippen molar-refractivity contribution in [1.29, 1.82) is 0 Å². The Morgan fingerprint density at radius 3 is 2.32 bits per heavy atom. The highest BCUT2D eigenvalue weighted by atomic mass is 35.5. The summed E-state index contributed by atoms with van der Waals surface area (Å²) >= 11 is 0. The van der Waals surface area contributed by atoms with Gasteiger partial charge in [0.15, 0.2) is 0 Å². The van der Waals surface area contributed by atoms with E-state index < -0.39 is 0 Å². The van der Waals surface area contributed by atoms with Gasteiger partial charge in [0.25, 0.3) is 0 Å². The van der Waals surface area contributed by atoms with Gasteiger partial charge < -0.3 is 9.88 Å². The van der Waals surface area contributed by atoms with Gasteiger partial charge in [-0.25, -0.2) is 0 Å². The van der Waals surface area contributed by atoms with Gasteiger partial charge in [0.2, 0.25) is 5.91 Å². The first kappa shape index (κ1) is 26.3. The van der Waals surface area contributed by atoms with Crippen LogP contribution >= 0.6 is 12.4 Å². The summed E-state index contributed by atoms with van der Waals surface area (Å²) in [5, 5.41) is 1.34. The Morgan fingerprint density at radius 1 is 0.971 bits per heavy atom. The molecule has 1 fully saturated rings. The maximum absolute atomic E-state index is 12.5. The lowest BCUT2D eigenvalue weighted by molar-refractivity contribution is -0.132. The number of hydrogen-bond acceptors (Lipinski definition) is 2. The number of aromatic nitrogens is 1. The largest absolute Gasteiger partial charge is 0.361 e. The number of aryl methyl sites for hydroxylation is 1. The fourth-order valence-electron chi connectivity index (χ4n) is 5.84. The van der Waals surface area contributed by atoms with Crippen molar-refractivity contribution < 1.29 is 4.79 Å². The number of nitrogens with one attached hydrogen (secondary N) is 1. The lowest BCUT2D eigenvalue weighted by Gasteiger charge is -2.47. The molecule has 184 valence electrons. The molecule has 1 saturated carbocycles. The van der Waals surface area contributed by atoms with E-state index in [0.717, 1.165) is 57.9 Å². The van der Waals surface area contributed by atoms with Gasteiger partial charge >= 0.3 is 0 Å². The van der Waals surface area contributed by atoms with Gasteiger partial charge in [0.05, 0.1) is 0 Å². The fraction of sp³-hybridized carbons (Fsp3) is 0.483. The third kappa shape index (κ3) is 5.67. The molecule has 4 nitrogen and oxygen atoms in total. The summed E-state index contributed by atoms with van der Waals surface area (Å²) in [7, 11) is 4.40. The second-order valence-corrected chi connectivity index (χ2v) is 9.91. The third-order valence-electron chi connectivity index (χ3n) is 7.81. The van der Waals surface area contributed by atoms with E-state index >= 15 is 0 Å². The van der Waals surface area contributed by atoms with E-state index in [1.165, 1.54) is 22.0 Å². The maximum atomic E-state index is 12.5. The fourth-order valence-corrected chi connectivity index (χ4v) is 5.84. The molecular weight excluding hydrogens is 442 g/mol. The number of nitrogens with zero attached hydrogens (tertiary/aromatic N) is 2. The first-order valence-corrected chi connectivity index (χ1v) is 12.6. The number of para-hydroxylation sites is 1. The lowest BCUT2D eigenvalue weighted by Crippen LogP contribution is -2.49. The zero-order valence-electron chi connectivity index (χ0n) is 20.9. The second-order valence-electron chi connectivity index (χ2n) is 9.91. The number of rotatable bonds is 9. The average molecular weight is 482 g/mol. The summed E-state index contributed by atoms with van der Waals surface area (Å²) in [6.07, 6.45) is 11.0. The van der Waals surface area contributed by atoms with Crippen molar-refractivity contribution in [3.05, 3.63) is 71.9 Å². The Balaban J connectivity index is 0.00000324. The molecule has 5 heteroatoms. The van der Waals surface area contributed by atoms with Crippen LogP contribution in [0, 0.1) is 0 Å². The van der Waals surface area contributed by atoms with Gasteiger partial charge in [-0.2, -0.15) is 0 Å². The molecule has 34 heavy (non-hydrogen) atoms. The molecule has 0 unspecified atom stereocenters. The van der Waals surface area contributed by atoms with Gasteiger partial charge in [-0.3, -0.25) is 9.69 Å². The minimum atomic E-state index is 0. The van der Waals surface area contributed by atoms with Crippen LogP contribution in [0.25, 0.3) is 10.9 Å². The predicted octanol–water partition coefficient (Wildman–Crippen LogP) is 6.55. The molecule has 0 saturated heterocycles. The van der Waals surface area contributed by atoms with Crippen molar-refractivity contribution in [1.82, 2.24) is 14.8 Å². The molecule has 1 N–H and O–H groups in total. The minimum absolute atomic E-state index is 0. The lowest BCUT2D eigenvalue weighted by atomic mass is 9.73. The molecule has 0 bridgehead atoms. The molecule has 0 atom stereocenters. The average Bonchev–Trinajstić information content (AvgIpc) is 3.25. The van der Waals surface area contributed by atoms with Crippen LogP contribution < -0.4 is 0 Å². The summed E-state index contributed by atoms with van der Waals surface area (Å²) in [4.78, 5) is 20.4. The molecule has 1 aliphatic carbocycles. The summed E-state index contributed by atoms with van der Waals surface area (Å²) in [5.41, 5.74) is 4.11. The molecule has 4 rings (SSSR count). The highest BCUT2D eigenvalue weighted by Gasteiger charge is 2.40. The molecule has 3 aromatic rings. The molecule has 0 spiro atoms. The van der Waals surface area contributed by atoms with Crippen LogP contribution in [-0.4, -0.2) is 47.4 Å². The van der Waals surface area contributed by atoms with Crippen LogP contribution in [0.5, 0.6) is 0 Å². The molecule has 0 radical (unpaired) electrons. The van der Waals surface area contributed by atoms with Crippen LogP contribution in [0.3, 0.4) is 0 Å². The molecule has 1 aromatic heterocycles. The van der Waals surface area contributed by atoms with Crippen molar-refractivity contribution in [3.63, 3.8) is 0 Å². The van der Waals surface area contributed by atoms with Gasteiger partial charge in [0, 0.05) is 42.1 Å². The molecule has 2 aromatic carbocycles. The Bertz CT molecular complexity index is 1040. The van der Waals surface area contributed by atoms with E-state index in [2.05, 4.69) is 89.7 Å². The number of carbonyl (C=O) groups is 1. The molecule has 0 aliphatic heterocycles. The van der Waals surface area contributed by atoms with Crippen LogP contribution in [0.15, 0.2) is 60.8 Å². The first-order chi connectivity index (χ1) is 16.0. The van der Waals surface area contributed by atoms with Crippen molar-refractivity contribution >= 4 is 29.2 Å². The highest BCUT2D eigenvalue weighted by molar-refractivity contribution is 5.85. The van der Waals surface area contributed by atoms with Crippen LogP contribution in [0.2, 0.25) is 0 Å². The van der Waals surface area contributed by atoms with E-state index in [0.29, 0.717) is 6.04 Å². The number of amides is 1. The van der Waals surface area contributed by atoms with Crippen molar-refractivity contribution in [2.24, 2.45) is 0 Å². The Labute approximate surface area is 211 Å². The van der Waals surface area contributed by atoms with Crippen LogP contribution in [0.1, 0.15) is 63.0 Å². The number of halogens is 1. The monoisotopic (exact) mass is 481 g/mol. The quantitative estimate of drug-likeness (QED) is 0.352. The number of carbonyl (C=O) groups excluding carboxylic acids is 1. The Hall–Kier alpha value is -2.30. The van der Waals surface area contributed by atoms with Crippen molar-refractivity contribution in [2.75, 3.05) is 20.6 Å². The van der Waals surface area contributed by atoms with Crippen LogP contribution in [0.4, 0.5) is 0 Å². The summed E-state index contributed by atoms with van der Waals surface area (Å²) in [5.74, 6) is 0.230. The molecule has 1 amide bonds. The Kier molecular flexibility index (Phi) is 9.21. The van der Waals surface area contributed by atoms with E-state index in [1.54, 1.807) is 6.92 Å². The van der Waals surface area contributed by atoms with Crippen molar-refractivity contribution in [3.8, 4) is 0 Å². The number of fused-ring (bicyclic) bond motifs is 1. The number of H-pyrrole nitrogens is 1. The zero-order valence-corrected chi connectivity index (χ0v) is 21.7.